The van der Waals surface area contributed by atoms with Crippen molar-refractivity contribution >= 4 is 56.7 Å². The van der Waals surface area contributed by atoms with Crippen molar-refractivity contribution in [1.82, 2.24) is 24.4 Å². The van der Waals surface area contributed by atoms with E-state index in [0.717, 1.165) is 12.8 Å². The van der Waals surface area contributed by atoms with E-state index in [0.29, 0.717) is 64.8 Å². The molecule has 202 valence electrons. The second kappa shape index (κ2) is 12.6. The minimum Gasteiger partial charge on any atom is -0.356 e. The third kappa shape index (κ3) is 6.95. The monoisotopic (exact) mass is 595 g/mol. The number of sulfonamides is 1. The first-order valence-corrected chi connectivity index (χ1v) is 15.2. The Balaban J connectivity index is 1.49. The van der Waals surface area contributed by atoms with Gasteiger partial charge in [-0.1, -0.05) is 47.1 Å². The fourth-order valence-corrected chi connectivity index (χ4v) is 6.99. The summed E-state index contributed by atoms with van der Waals surface area (Å²) in [4.78, 5) is 24.3. The lowest BCUT2D eigenvalue weighted by Crippen LogP contribution is -2.27. The number of halogens is 2. The van der Waals surface area contributed by atoms with Crippen molar-refractivity contribution in [2.45, 2.75) is 42.7 Å². The van der Waals surface area contributed by atoms with Gasteiger partial charge in [0, 0.05) is 48.6 Å². The summed E-state index contributed by atoms with van der Waals surface area (Å²) in [6.07, 6.45) is 2.88. The van der Waals surface area contributed by atoms with Gasteiger partial charge in [-0.05, 0) is 49.6 Å². The average Bonchev–Trinajstić information content (AvgIpc) is 3.55. The van der Waals surface area contributed by atoms with Crippen LogP contribution in [0.4, 0.5) is 0 Å². The van der Waals surface area contributed by atoms with Crippen molar-refractivity contribution < 1.29 is 18.0 Å². The Labute approximate surface area is 236 Å². The molecule has 0 spiro atoms. The third-order valence-electron chi connectivity index (χ3n) is 5.97. The van der Waals surface area contributed by atoms with Gasteiger partial charge in [0.15, 0.2) is 10.9 Å². The molecule has 0 bridgehead atoms. The molecule has 0 radical (unpaired) electrons. The van der Waals surface area contributed by atoms with Crippen LogP contribution in [0.3, 0.4) is 0 Å². The van der Waals surface area contributed by atoms with Gasteiger partial charge < -0.3 is 5.32 Å². The summed E-state index contributed by atoms with van der Waals surface area (Å²) >= 11 is 13.7. The molecule has 1 fully saturated rings. The van der Waals surface area contributed by atoms with Crippen LogP contribution >= 0.6 is 35.0 Å². The number of rotatable bonds is 11. The van der Waals surface area contributed by atoms with E-state index in [1.807, 2.05) is 0 Å². The molecule has 9 nitrogen and oxygen atoms in total. The molecule has 0 aliphatic carbocycles. The third-order valence-corrected chi connectivity index (χ3v) is 9.25. The summed E-state index contributed by atoms with van der Waals surface area (Å²) in [7, 11) is -3.54. The molecule has 38 heavy (non-hydrogen) atoms. The fourth-order valence-electron chi connectivity index (χ4n) is 4.10. The number of nitrogens with zero attached hydrogens (tertiary/aromatic N) is 4. The van der Waals surface area contributed by atoms with Crippen molar-refractivity contribution in [3.8, 4) is 5.69 Å². The van der Waals surface area contributed by atoms with Crippen LogP contribution < -0.4 is 5.32 Å². The highest BCUT2D eigenvalue weighted by Gasteiger charge is 2.27. The Bertz CT molecular complexity index is 1400. The van der Waals surface area contributed by atoms with Crippen LogP contribution in [0, 0.1) is 0 Å². The molecular formula is C25H27Cl2N5O4S2. The summed E-state index contributed by atoms with van der Waals surface area (Å²) < 4.78 is 28.8. The van der Waals surface area contributed by atoms with Crippen molar-refractivity contribution in [3.05, 3.63) is 63.9 Å². The molecule has 3 aromatic rings. The van der Waals surface area contributed by atoms with Gasteiger partial charge in [0.25, 0.3) is 0 Å². The molecule has 2 aromatic carbocycles. The first kappa shape index (κ1) is 28.6. The molecule has 0 atom stereocenters. The minimum absolute atomic E-state index is 0.0660. The van der Waals surface area contributed by atoms with Crippen molar-refractivity contribution in [2.75, 3.05) is 25.4 Å². The second-order valence-electron chi connectivity index (χ2n) is 8.80. The van der Waals surface area contributed by atoms with Gasteiger partial charge in [-0.25, -0.2) is 8.42 Å². The van der Waals surface area contributed by atoms with Gasteiger partial charge >= 0.3 is 0 Å². The molecule has 1 saturated heterocycles. The molecule has 0 unspecified atom stereocenters. The number of hydrogen-bond acceptors (Lipinski definition) is 7. The van der Waals surface area contributed by atoms with Gasteiger partial charge in [-0.3, -0.25) is 14.2 Å². The molecule has 0 saturated carbocycles. The molecule has 1 aliphatic heterocycles. The molecule has 2 heterocycles. The molecule has 1 amide bonds. The Kier molecular flexibility index (Phi) is 9.48. The predicted molar refractivity (Wildman–Crippen MR) is 148 cm³/mol. The van der Waals surface area contributed by atoms with Gasteiger partial charge in [-0.15, -0.1) is 10.2 Å². The fraction of sp³-hybridized carbons (Fsp3) is 0.360. The van der Waals surface area contributed by atoms with Gasteiger partial charge in [0.2, 0.25) is 15.9 Å². The largest absolute Gasteiger partial charge is 0.356 e. The lowest BCUT2D eigenvalue weighted by Gasteiger charge is -2.15. The summed E-state index contributed by atoms with van der Waals surface area (Å²) in [5, 5.41) is 12.7. The Morgan fingerprint density at radius 2 is 1.68 bits per heavy atom. The zero-order valence-corrected chi connectivity index (χ0v) is 23.8. The Morgan fingerprint density at radius 3 is 2.32 bits per heavy atom. The summed E-state index contributed by atoms with van der Waals surface area (Å²) in [6, 6.07) is 11.1. The maximum Gasteiger partial charge on any atom is 0.243 e. The Hall–Kier alpha value is -2.44. The lowest BCUT2D eigenvalue weighted by atomic mass is 10.1. The SMILES string of the molecule is CC(=O)NCCCc1nnc(SCC(=O)c2ccc(S(=O)(=O)N3CCCC3)cc2)n1-c1cc(Cl)cc(Cl)c1. The molecule has 1 N–H and O–H groups in total. The van der Waals surface area contributed by atoms with Crippen molar-refractivity contribution in [2.24, 2.45) is 0 Å². The number of thioether (sulfide) groups is 1. The number of amides is 1. The van der Waals surface area contributed by atoms with Crippen LogP contribution in [0.15, 0.2) is 52.5 Å². The number of benzene rings is 2. The van der Waals surface area contributed by atoms with Crippen LogP contribution in [0.5, 0.6) is 0 Å². The van der Waals surface area contributed by atoms with Crippen LogP contribution in [0.25, 0.3) is 5.69 Å². The topological polar surface area (TPSA) is 114 Å². The van der Waals surface area contributed by atoms with E-state index in [-0.39, 0.29) is 22.3 Å². The smallest absolute Gasteiger partial charge is 0.243 e. The first-order chi connectivity index (χ1) is 18.1. The van der Waals surface area contributed by atoms with E-state index in [1.54, 1.807) is 34.9 Å². The number of Topliss-reactive ketones (excluding diaryl/α,β-unsaturated/α-hetero) is 1. The number of hydrogen-bond donors (Lipinski definition) is 1. The number of nitrogens with one attached hydrogen (secondary N) is 1. The standard InChI is InChI=1S/C25H27Cl2N5O4S2/c1-17(33)28-10-4-5-24-29-30-25(32(24)21-14-19(26)13-20(27)15-21)37-16-23(34)18-6-8-22(9-7-18)38(35,36)31-11-2-3-12-31/h6-9,13-15H,2-5,10-12,16H2,1H3,(H,28,33). The molecule has 1 aliphatic rings. The number of ketones is 1. The highest BCUT2D eigenvalue weighted by Crippen LogP contribution is 2.28. The maximum absolute atomic E-state index is 13.0. The number of aromatic nitrogens is 3. The number of aryl methyl sites for hydroxylation is 1. The van der Waals surface area contributed by atoms with Crippen LogP contribution in [-0.2, 0) is 21.2 Å². The summed E-state index contributed by atoms with van der Waals surface area (Å²) in [5.41, 5.74) is 1.07. The summed E-state index contributed by atoms with van der Waals surface area (Å²) in [6.45, 7) is 2.99. The quantitative estimate of drug-likeness (QED) is 0.198. The zero-order valence-electron chi connectivity index (χ0n) is 20.7. The van der Waals surface area contributed by atoms with Crippen LogP contribution in [-0.4, -0.2) is 64.6 Å². The van der Waals surface area contributed by atoms with E-state index in [2.05, 4.69) is 15.5 Å². The van der Waals surface area contributed by atoms with E-state index >= 15 is 0 Å². The number of carbonyl (C=O) groups excluding carboxylic acids is 2. The number of carbonyl (C=O) groups is 2. The normalized spacial score (nSPS) is 14.1. The van der Waals surface area contributed by atoms with Crippen molar-refractivity contribution in [1.29, 1.82) is 0 Å². The summed E-state index contributed by atoms with van der Waals surface area (Å²) in [5.74, 6) is 0.423. The zero-order chi connectivity index (χ0) is 27.3. The van der Waals surface area contributed by atoms with Gasteiger partial charge in [0.05, 0.1) is 16.3 Å². The highest BCUT2D eigenvalue weighted by atomic mass is 35.5. The molecule has 1 aromatic heterocycles. The maximum atomic E-state index is 13.0. The van der Waals surface area contributed by atoms with E-state index in [9.17, 15) is 18.0 Å². The van der Waals surface area contributed by atoms with Gasteiger partial charge in [-0.2, -0.15) is 4.31 Å². The van der Waals surface area contributed by atoms with Crippen molar-refractivity contribution in [3.63, 3.8) is 0 Å². The Morgan fingerprint density at radius 1 is 1.03 bits per heavy atom. The van der Waals surface area contributed by atoms with Crippen LogP contribution in [0.1, 0.15) is 42.4 Å². The van der Waals surface area contributed by atoms with E-state index in [1.165, 1.54) is 35.1 Å². The van der Waals surface area contributed by atoms with E-state index < -0.39 is 10.0 Å². The first-order valence-electron chi connectivity index (χ1n) is 12.1. The molecule has 4 rings (SSSR count). The molecular weight excluding hydrogens is 569 g/mol. The molecule has 13 heteroatoms. The lowest BCUT2D eigenvalue weighted by molar-refractivity contribution is -0.118. The minimum atomic E-state index is -3.54. The predicted octanol–water partition coefficient (Wildman–Crippen LogP) is 4.40. The van der Waals surface area contributed by atoms with Gasteiger partial charge in [0.1, 0.15) is 5.82 Å². The average molecular weight is 597 g/mol. The second-order valence-corrected chi connectivity index (χ2v) is 12.5. The highest BCUT2D eigenvalue weighted by molar-refractivity contribution is 7.99. The van der Waals surface area contributed by atoms with Crippen LogP contribution in [0.2, 0.25) is 10.0 Å². The van der Waals surface area contributed by atoms with E-state index in [4.69, 9.17) is 23.2 Å².